The van der Waals surface area contributed by atoms with Gasteiger partial charge in [-0.1, -0.05) is 19.8 Å². The van der Waals surface area contributed by atoms with E-state index in [2.05, 4.69) is 34.7 Å². The third-order valence-electron chi connectivity index (χ3n) is 3.58. The second-order valence-electron chi connectivity index (χ2n) is 5.45. The molecule has 1 saturated carbocycles. The van der Waals surface area contributed by atoms with Crippen LogP contribution in [-0.2, 0) is 0 Å². The van der Waals surface area contributed by atoms with Crippen molar-refractivity contribution < 1.29 is 4.79 Å². The molecule has 2 rings (SSSR count). The predicted octanol–water partition coefficient (Wildman–Crippen LogP) is 2.36. The number of anilines is 1. The lowest BCUT2D eigenvalue weighted by Gasteiger charge is -2.24. The number of carbonyl (C=O) groups excluding carboxylic acids is 1. The molecular formula is C14H22N4O. The molecule has 0 radical (unpaired) electrons. The van der Waals surface area contributed by atoms with E-state index in [-0.39, 0.29) is 11.4 Å². The summed E-state index contributed by atoms with van der Waals surface area (Å²) >= 11 is 0. The van der Waals surface area contributed by atoms with Crippen molar-refractivity contribution in [1.29, 1.82) is 0 Å². The molecule has 0 spiro atoms. The molecule has 5 heteroatoms. The average Bonchev–Trinajstić information content (AvgIpc) is 2.83. The molecule has 104 valence electrons. The third kappa shape index (κ3) is 3.66. The fraction of sp³-hybridized carbons (Fsp3) is 0.643. The summed E-state index contributed by atoms with van der Waals surface area (Å²) in [6.45, 7) is 5.05. The van der Waals surface area contributed by atoms with E-state index in [1.807, 2.05) is 0 Å². The minimum absolute atomic E-state index is 0.0715. The van der Waals surface area contributed by atoms with Crippen LogP contribution in [0.1, 0.15) is 56.4 Å². The van der Waals surface area contributed by atoms with Crippen molar-refractivity contribution in [2.24, 2.45) is 0 Å². The Balaban J connectivity index is 1.95. The van der Waals surface area contributed by atoms with Crippen LogP contribution in [0.3, 0.4) is 0 Å². The molecule has 1 aromatic heterocycles. The maximum Gasteiger partial charge on any atom is 0.272 e. The van der Waals surface area contributed by atoms with Gasteiger partial charge in [0.1, 0.15) is 5.82 Å². The maximum absolute atomic E-state index is 12.1. The van der Waals surface area contributed by atoms with E-state index < -0.39 is 0 Å². The monoisotopic (exact) mass is 262 g/mol. The van der Waals surface area contributed by atoms with Gasteiger partial charge in [0.15, 0.2) is 5.69 Å². The van der Waals surface area contributed by atoms with Crippen LogP contribution >= 0.6 is 0 Å². The molecule has 5 nitrogen and oxygen atoms in total. The summed E-state index contributed by atoms with van der Waals surface area (Å²) in [4.78, 5) is 12.1. The number of nitrogens with zero attached hydrogens (tertiary/aromatic N) is 2. The third-order valence-corrected chi connectivity index (χ3v) is 3.58. The number of hydrogen-bond acceptors (Lipinski definition) is 4. The zero-order chi connectivity index (χ0) is 13.7. The minimum Gasteiger partial charge on any atom is -0.369 e. The van der Waals surface area contributed by atoms with Crippen LogP contribution in [0.15, 0.2) is 12.1 Å². The molecule has 1 amide bonds. The summed E-state index contributed by atoms with van der Waals surface area (Å²) in [5, 5.41) is 14.2. The molecule has 19 heavy (non-hydrogen) atoms. The van der Waals surface area contributed by atoms with Gasteiger partial charge in [-0.15, -0.1) is 10.2 Å². The van der Waals surface area contributed by atoms with Gasteiger partial charge in [0.05, 0.1) is 0 Å². The van der Waals surface area contributed by atoms with Crippen LogP contribution in [0.4, 0.5) is 5.82 Å². The minimum atomic E-state index is -0.126. The number of amides is 1. The Morgan fingerprint density at radius 3 is 2.63 bits per heavy atom. The van der Waals surface area contributed by atoms with E-state index in [1.165, 1.54) is 12.8 Å². The van der Waals surface area contributed by atoms with Crippen LogP contribution in [-0.4, -0.2) is 28.2 Å². The first-order valence-corrected chi connectivity index (χ1v) is 7.03. The largest absolute Gasteiger partial charge is 0.369 e. The maximum atomic E-state index is 12.1. The first-order valence-electron chi connectivity index (χ1n) is 7.03. The highest BCUT2D eigenvalue weighted by Crippen LogP contribution is 2.29. The van der Waals surface area contributed by atoms with Gasteiger partial charge in [-0.05, 0) is 38.3 Å². The molecule has 1 fully saturated rings. The lowest BCUT2D eigenvalue weighted by atomic mass is 10.0. The zero-order valence-electron chi connectivity index (χ0n) is 11.7. The lowest BCUT2D eigenvalue weighted by molar-refractivity contribution is 0.0902. The molecule has 2 N–H and O–H groups in total. The van der Waals surface area contributed by atoms with Gasteiger partial charge in [-0.2, -0.15) is 0 Å². The summed E-state index contributed by atoms with van der Waals surface area (Å²) in [6, 6.07) is 3.52. The standard InChI is InChI=1S/C14H22N4O/c1-3-10-15-12-7-6-11(17-18-12)13(19)16-14(2)8-4-5-9-14/h6-7H,3-5,8-10H2,1-2H3,(H,15,18)(H,16,19). The Morgan fingerprint density at radius 2 is 2.05 bits per heavy atom. The molecule has 0 aromatic carbocycles. The summed E-state index contributed by atoms with van der Waals surface area (Å²) in [5.74, 6) is 0.587. The van der Waals surface area contributed by atoms with Crippen molar-refractivity contribution in [2.45, 2.75) is 51.5 Å². The normalized spacial score (nSPS) is 17.2. The molecular weight excluding hydrogens is 240 g/mol. The second kappa shape index (κ2) is 5.99. The van der Waals surface area contributed by atoms with E-state index >= 15 is 0 Å². The zero-order valence-corrected chi connectivity index (χ0v) is 11.7. The van der Waals surface area contributed by atoms with Gasteiger partial charge < -0.3 is 10.6 Å². The molecule has 0 atom stereocenters. The van der Waals surface area contributed by atoms with Crippen molar-refractivity contribution in [3.05, 3.63) is 17.8 Å². The van der Waals surface area contributed by atoms with Gasteiger partial charge in [-0.25, -0.2) is 0 Å². The van der Waals surface area contributed by atoms with E-state index in [4.69, 9.17) is 0 Å². The summed E-state index contributed by atoms with van der Waals surface area (Å²) in [5.41, 5.74) is 0.313. The van der Waals surface area contributed by atoms with E-state index in [0.717, 1.165) is 25.8 Å². The fourth-order valence-corrected chi connectivity index (χ4v) is 2.42. The van der Waals surface area contributed by atoms with Gasteiger partial charge in [0, 0.05) is 12.1 Å². The Bertz CT molecular complexity index is 424. The smallest absolute Gasteiger partial charge is 0.272 e. The fourth-order valence-electron chi connectivity index (χ4n) is 2.42. The molecule has 1 aliphatic carbocycles. The Hall–Kier alpha value is -1.65. The highest BCUT2D eigenvalue weighted by Gasteiger charge is 2.30. The number of rotatable bonds is 5. The lowest BCUT2D eigenvalue weighted by Crippen LogP contribution is -2.43. The Kier molecular flexibility index (Phi) is 4.35. The van der Waals surface area contributed by atoms with Crippen LogP contribution < -0.4 is 10.6 Å². The van der Waals surface area contributed by atoms with Gasteiger partial charge in [0.25, 0.3) is 5.91 Å². The summed E-state index contributed by atoms with van der Waals surface area (Å²) in [7, 11) is 0. The molecule has 0 aliphatic heterocycles. The number of aromatic nitrogens is 2. The first kappa shape index (κ1) is 13.8. The van der Waals surface area contributed by atoms with Gasteiger partial charge in [0.2, 0.25) is 0 Å². The van der Waals surface area contributed by atoms with Crippen LogP contribution in [0.5, 0.6) is 0 Å². The molecule has 0 bridgehead atoms. The summed E-state index contributed by atoms with van der Waals surface area (Å²) in [6.07, 6.45) is 5.48. The van der Waals surface area contributed by atoms with Crippen LogP contribution in [0.2, 0.25) is 0 Å². The Labute approximate surface area is 114 Å². The SMILES string of the molecule is CCCNc1ccc(C(=O)NC2(C)CCCC2)nn1. The summed E-state index contributed by atoms with van der Waals surface area (Å²) < 4.78 is 0. The highest BCUT2D eigenvalue weighted by molar-refractivity contribution is 5.92. The van der Waals surface area contributed by atoms with E-state index in [9.17, 15) is 4.79 Å². The number of carbonyl (C=O) groups is 1. The molecule has 0 saturated heterocycles. The topological polar surface area (TPSA) is 66.9 Å². The molecule has 1 aromatic rings. The van der Waals surface area contributed by atoms with Crippen molar-refractivity contribution >= 4 is 11.7 Å². The number of hydrogen-bond donors (Lipinski definition) is 2. The predicted molar refractivity (Wildman–Crippen MR) is 75.2 cm³/mol. The molecule has 1 aliphatic rings. The average molecular weight is 262 g/mol. The number of nitrogens with one attached hydrogen (secondary N) is 2. The van der Waals surface area contributed by atoms with E-state index in [1.54, 1.807) is 12.1 Å². The first-order chi connectivity index (χ1) is 9.13. The Morgan fingerprint density at radius 1 is 1.32 bits per heavy atom. The van der Waals surface area contributed by atoms with Crippen molar-refractivity contribution in [1.82, 2.24) is 15.5 Å². The quantitative estimate of drug-likeness (QED) is 0.855. The second-order valence-corrected chi connectivity index (χ2v) is 5.45. The molecule has 1 heterocycles. The van der Waals surface area contributed by atoms with E-state index in [0.29, 0.717) is 11.5 Å². The van der Waals surface area contributed by atoms with Gasteiger partial charge in [-0.3, -0.25) is 4.79 Å². The van der Waals surface area contributed by atoms with Crippen molar-refractivity contribution in [2.75, 3.05) is 11.9 Å². The molecule has 0 unspecified atom stereocenters. The highest BCUT2D eigenvalue weighted by atomic mass is 16.2. The van der Waals surface area contributed by atoms with Crippen LogP contribution in [0.25, 0.3) is 0 Å². The van der Waals surface area contributed by atoms with Crippen molar-refractivity contribution in [3.8, 4) is 0 Å². The van der Waals surface area contributed by atoms with Crippen molar-refractivity contribution in [3.63, 3.8) is 0 Å². The van der Waals surface area contributed by atoms with Crippen LogP contribution in [0, 0.1) is 0 Å². The van der Waals surface area contributed by atoms with Gasteiger partial charge >= 0.3 is 0 Å².